The molecule has 0 heterocycles. The number of rotatable bonds is 6. The van der Waals surface area contributed by atoms with Crippen LogP contribution in [0.15, 0.2) is 18.2 Å². The van der Waals surface area contributed by atoms with Crippen LogP contribution >= 0.6 is 0 Å². The van der Waals surface area contributed by atoms with Gasteiger partial charge in [0.25, 0.3) is 0 Å². The van der Waals surface area contributed by atoms with Crippen LogP contribution in [-0.2, 0) is 11.3 Å². The number of halogens is 1. The molecule has 0 fully saturated rings. The maximum atomic E-state index is 13.3. The summed E-state index contributed by atoms with van der Waals surface area (Å²) in [6.45, 7) is 1.16. The summed E-state index contributed by atoms with van der Waals surface area (Å²) in [5.74, 6) is -0.314. The summed E-state index contributed by atoms with van der Waals surface area (Å²) in [6, 6.07) is 4.41. The van der Waals surface area contributed by atoms with E-state index in [1.807, 2.05) is 0 Å². The Labute approximate surface area is 105 Å². The smallest absolute Gasteiger partial charge is 0.407 e. The van der Waals surface area contributed by atoms with E-state index in [4.69, 9.17) is 9.47 Å². The van der Waals surface area contributed by atoms with Gasteiger partial charge >= 0.3 is 6.09 Å². The lowest BCUT2D eigenvalue weighted by Crippen LogP contribution is -2.30. The lowest BCUT2D eigenvalue weighted by molar-refractivity contribution is 0.139. The number of methoxy groups -OCH3 is 1. The van der Waals surface area contributed by atoms with E-state index in [-0.39, 0.29) is 12.4 Å². The van der Waals surface area contributed by atoms with Crippen molar-refractivity contribution in [2.45, 2.75) is 6.61 Å². The Hall–Kier alpha value is -1.82. The van der Waals surface area contributed by atoms with Crippen molar-refractivity contribution in [3.63, 3.8) is 0 Å². The zero-order valence-electron chi connectivity index (χ0n) is 10.5. The quantitative estimate of drug-likeness (QED) is 0.753. The fraction of sp³-hybridized carbons (Fsp3) is 0.417. The Balaban J connectivity index is 2.39. The molecule has 0 bridgehead atoms. The van der Waals surface area contributed by atoms with Gasteiger partial charge in [-0.3, -0.25) is 0 Å². The topological polar surface area (TPSA) is 59.6 Å². The summed E-state index contributed by atoms with van der Waals surface area (Å²) < 4.78 is 23.0. The highest BCUT2D eigenvalue weighted by atomic mass is 19.1. The van der Waals surface area contributed by atoms with Crippen LogP contribution in [0.1, 0.15) is 5.56 Å². The van der Waals surface area contributed by atoms with E-state index in [1.54, 1.807) is 13.1 Å². The minimum absolute atomic E-state index is 0.0201. The van der Waals surface area contributed by atoms with Crippen molar-refractivity contribution < 1.29 is 18.7 Å². The van der Waals surface area contributed by atoms with Gasteiger partial charge in [-0.1, -0.05) is 6.07 Å². The number of likely N-dealkylation sites (N-methyl/N-ethyl adjacent to an activating group) is 1. The van der Waals surface area contributed by atoms with Gasteiger partial charge in [-0.15, -0.1) is 0 Å². The number of carbonyl (C=O) groups is 1. The molecule has 1 aromatic carbocycles. The van der Waals surface area contributed by atoms with Crippen LogP contribution in [0, 0.1) is 5.82 Å². The average molecular weight is 256 g/mol. The second-order valence-electron chi connectivity index (χ2n) is 3.58. The molecule has 0 saturated carbocycles. The molecule has 0 radical (unpaired) electrons. The van der Waals surface area contributed by atoms with E-state index >= 15 is 0 Å². The first kappa shape index (κ1) is 14.2. The Bertz CT molecular complexity index is 399. The normalized spacial score (nSPS) is 9.94. The summed E-state index contributed by atoms with van der Waals surface area (Å²) in [5.41, 5.74) is 0.567. The fourth-order valence-corrected chi connectivity index (χ4v) is 1.29. The van der Waals surface area contributed by atoms with Gasteiger partial charge in [-0.25, -0.2) is 9.18 Å². The zero-order chi connectivity index (χ0) is 13.4. The SMILES string of the molecule is CNCCNC(=O)OCc1ccc(OC)c(F)c1. The monoisotopic (exact) mass is 256 g/mol. The molecular weight excluding hydrogens is 239 g/mol. The molecule has 100 valence electrons. The molecule has 1 aromatic rings. The summed E-state index contributed by atoms with van der Waals surface area (Å²) in [5, 5.41) is 5.43. The number of hydrogen-bond donors (Lipinski definition) is 2. The number of ether oxygens (including phenoxy) is 2. The zero-order valence-corrected chi connectivity index (χ0v) is 10.5. The van der Waals surface area contributed by atoms with Crippen molar-refractivity contribution in [3.05, 3.63) is 29.6 Å². The second kappa shape index (κ2) is 7.50. The van der Waals surface area contributed by atoms with Gasteiger partial charge in [-0.2, -0.15) is 0 Å². The number of alkyl carbamates (subject to hydrolysis) is 1. The number of amides is 1. The lowest BCUT2D eigenvalue weighted by atomic mass is 10.2. The largest absolute Gasteiger partial charge is 0.494 e. The van der Waals surface area contributed by atoms with E-state index in [9.17, 15) is 9.18 Å². The van der Waals surface area contributed by atoms with E-state index in [0.717, 1.165) is 0 Å². The highest BCUT2D eigenvalue weighted by Crippen LogP contribution is 2.17. The summed E-state index contributed by atoms with van der Waals surface area (Å²) in [7, 11) is 3.18. The number of benzene rings is 1. The van der Waals surface area contributed by atoms with Gasteiger partial charge in [0.2, 0.25) is 0 Å². The van der Waals surface area contributed by atoms with Gasteiger partial charge in [-0.05, 0) is 24.7 Å². The fourth-order valence-electron chi connectivity index (χ4n) is 1.29. The van der Waals surface area contributed by atoms with Crippen LogP contribution in [-0.4, -0.2) is 33.3 Å². The van der Waals surface area contributed by atoms with Crippen molar-refractivity contribution >= 4 is 6.09 Å². The molecule has 0 saturated heterocycles. The van der Waals surface area contributed by atoms with E-state index < -0.39 is 11.9 Å². The Morgan fingerprint density at radius 2 is 2.17 bits per heavy atom. The molecule has 6 heteroatoms. The van der Waals surface area contributed by atoms with Gasteiger partial charge in [0, 0.05) is 13.1 Å². The summed E-state index contributed by atoms with van der Waals surface area (Å²) in [6.07, 6.45) is -0.526. The van der Waals surface area contributed by atoms with Crippen LogP contribution < -0.4 is 15.4 Å². The standard InChI is InChI=1S/C12H17FN2O3/c1-14-5-6-15-12(16)18-8-9-3-4-11(17-2)10(13)7-9/h3-4,7,14H,5-6,8H2,1-2H3,(H,15,16). The Morgan fingerprint density at radius 3 is 2.78 bits per heavy atom. The molecule has 1 amide bonds. The molecular formula is C12H17FN2O3. The molecule has 0 aromatic heterocycles. The Kier molecular flexibility index (Phi) is 5.93. The maximum absolute atomic E-state index is 13.3. The van der Waals surface area contributed by atoms with E-state index in [1.165, 1.54) is 19.2 Å². The number of carbonyl (C=O) groups excluding carboxylic acids is 1. The van der Waals surface area contributed by atoms with E-state index in [2.05, 4.69) is 10.6 Å². The third-order valence-corrected chi connectivity index (χ3v) is 2.23. The minimum atomic E-state index is -0.526. The molecule has 0 aliphatic heterocycles. The molecule has 0 aliphatic rings. The van der Waals surface area contributed by atoms with Crippen LogP contribution in [0.2, 0.25) is 0 Å². The first-order valence-corrected chi connectivity index (χ1v) is 5.55. The predicted molar refractivity (Wildman–Crippen MR) is 65.1 cm³/mol. The molecule has 0 atom stereocenters. The van der Waals surface area contributed by atoms with Crippen molar-refractivity contribution in [2.75, 3.05) is 27.2 Å². The van der Waals surface area contributed by atoms with Crippen molar-refractivity contribution in [2.24, 2.45) is 0 Å². The highest BCUT2D eigenvalue weighted by Gasteiger charge is 2.06. The maximum Gasteiger partial charge on any atom is 0.407 e. The summed E-state index contributed by atoms with van der Waals surface area (Å²) in [4.78, 5) is 11.2. The molecule has 1 rings (SSSR count). The molecule has 18 heavy (non-hydrogen) atoms. The van der Waals surface area contributed by atoms with Gasteiger partial charge < -0.3 is 20.1 Å². The van der Waals surface area contributed by atoms with Crippen LogP contribution in [0.25, 0.3) is 0 Å². The van der Waals surface area contributed by atoms with E-state index in [0.29, 0.717) is 18.7 Å². The molecule has 2 N–H and O–H groups in total. The minimum Gasteiger partial charge on any atom is -0.494 e. The molecule has 0 unspecified atom stereocenters. The molecule has 5 nitrogen and oxygen atoms in total. The lowest BCUT2D eigenvalue weighted by Gasteiger charge is -2.08. The second-order valence-corrected chi connectivity index (χ2v) is 3.58. The first-order valence-electron chi connectivity index (χ1n) is 5.55. The van der Waals surface area contributed by atoms with Crippen LogP contribution in [0.5, 0.6) is 5.75 Å². The molecule has 0 spiro atoms. The van der Waals surface area contributed by atoms with Crippen LogP contribution in [0.4, 0.5) is 9.18 Å². The number of hydrogen-bond acceptors (Lipinski definition) is 4. The Morgan fingerprint density at radius 1 is 1.39 bits per heavy atom. The molecule has 0 aliphatic carbocycles. The van der Waals surface area contributed by atoms with Gasteiger partial charge in [0.05, 0.1) is 7.11 Å². The van der Waals surface area contributed by atoms with Crippen molar-refractivity contribution in [3.8, 4) is 5.75 Å². The summed E-state index contributed by atoms with van der Waals surface area (Å²) >= 11 is 0. The average Bonchev–Trinajstić information content (AvgIpc) is 2.37. The van der Waals surface area contributed by atoms with Crippen molar-refractivity contribution in [1.82, 2.24) is 10.6 Å². The predicted octanol–water partition coefficient (Wildman–Crippen LogP) is 1.28. The highest BCUT2D eigenvalue weighted by molar-refractivity contribution is 5.67. The third-order valence-electron chi connectivity index (χ3n) is 2.23. The number of nitrogens with one attached hydrogen (secondary N) is 2. The third kappa shape index (κ3) is 4.58. The first-order chi connectivity index (χ1) is 8.67. The van der Waals surface area contributed by atoms with Gasteiger partial charge in [0.15, 0.2) is 11.6 Å². The van der Waals surface area contributed by atoms with Gasteiger partial charge in [0.1, 0.15) is 6.61 Å². The van der Waals surface area contributed by atoms with Crippen molar-refractivity contribution in [1.29, 1.82) is 0 Å². The van der Waals surface area contributed by atoms with Crippen LogP contribution in [0.3, 0.4) is 0 Å².